The molecule has 3 aromatic rings. The fraction of sp³-hybridized carbons (Fsp3) is 0.0667. The van der Waals surface area contributed by atoms with Gasteiger partial charge in [-0.05, 0) is 17.7 Å². The highest BCUT2D eigenvalue weighted by molar-refractivity contribution is 5.49. The molecular formula is C15H10FN3. The van der Waals surface area contributed by atoms with Crippen LogP contribution < -0.4 is 0 Å². The van der Waals surface area contributed by atoms with Gasteiger partial charge < -0.3 is 0 Å². The lowest BCUT2D eigenvalue weighted by Gasteiger charge is -1.98. The average molecular weight is 251 g/mol. The molecular weight excluding hydrogens is 241 g/mol. The molecule has 0 atom stereocenters. The van der Waals surface area contributed by atoms with Gasteiger partial charge in [0.2, 0.25) is 0 Å². The van der Waals surface area contributed by atoms with Crippen molar-refractivity contribution >= 4 is 5.65 Å². The van der Waals surface area contributed by atoms with Crippen molar-refractivity contribution < 1.29 is 4.39 Å². The number of pyridine rings is 1. The van der Waals surface area contributed by atoms with Crippen LogP contribution in [-0.4, -0.2) is 9.38 Å². The Hall–Kier alpha value is -2.67. The monoisotopic (exact) mass is 251 g/mol. The summed E-state index contributed by atoms with van der Waals surface area (Å²) >= 11 is 0. The molecule has 0 unspecified atom stereocenters. The van der Waals surface area contributed by atoms with Crippen LogP contribution in [0.5, 0.6) is 0 Å². The number of halogens is 1. The Balaban J connectivity index is 2.14. The zero-order valence-electron chi connectivity index (χ0n) is 10.0. The molecule has 19 heavy (non-hydrogen) atoms. The molecule has 0 saturated heterocycles. The highest BCUT2D eigenvalue weighted by atomic mass is 19.1. The molecule has 0 spiro atoms. The topological polar surface area (TPSA) is 41.1 Å². The van der Waals surface area contributed by atoms with E-state index in [1.807, 2.05) is 30.3 Å². The lowest BCUT2D eigenvalue weighted by molar-refractivity contribution is 0.629. The van der Waals surface area contributed by atoms with Crippen LogP contribution in [0.3, 0.4) is 0 Å². The summed E-state index contributed by atoms with van der Waals surface area (Å²) in [4.78, 5) is 4.24. The van der Waals surface area contributed by atoms with Crippen molar-refractivity contribution in [2.24, 2.45) is 0 Å². The van der Waals surface area contributed by atoms with Gasteiger partial charge in [-0.3, -0.25) is 4.40 Å². The highest BCUT2D eigenvalue weighted by Crippen LogP contribution is 2.17. The van der Waals surface area contributed by atoms with E-state index in [2.05, 4.69) is 11.1 Å². The summed E-state index contributed by atoms with van der Waals surface area (Å²) in [5.74, 6) is -0.418. The second-order valence-corrected chi connectivity index (χ2v) is 4.23. The number of rotatable bonds is 2. The van der Waals surface area contributed by atoms with Crippen LogP contribution in [-0.2, 0) is 6.42 Å². The van der Waals surface area contributed by atoms with E-state index in [4.69, 9.17) is 0 Å². The number of hydrogen-bond donors (Lipinski definition) is 0. The van der Waals surface area contributed by atoms with Crippen molar-refractivity contribution in [3.63, 3.8) is 0 Å². The summed E-state index contributed by atoms with van der Waals surface area (Å²) in [6.45, 7) is 0. The fourth-order valence-electron chi connectivity index (χ4n) is 2.11. The van der Waals surface area contributed by atoms with E-state index in [1.54, 1.807) is 12.3 Å². The maximum absolute atomic E-state index is 13.7. The van der Waals surface area contributed by atoms with Crippen molar-refractivity contribution in [1.82, 2.24) is 9.38 Å². The summed E-state index contributed by atoms with van der Waals surface area (Å²) in [6, 6.07) is 14.7. The number of aromatic nitrogens is 2. The number of nitrogens with zero attached hydrogens (tertiary/aromatic N) is 3. The SMILES string of the molecule is N#Cc1c(Cc2ccccc2)nc2c(F)cccn12. The van der Waals surface area contributed by atoms with E-state index in [0.717, 1.165) is 5.56 Å². The third kappa shape index (κ3) is 1.95. The van der Waals surface area contributed by atoms with Gasteiger partial charge in [-0.15, -0.1) is 0 Å². The zero-order chi connectivity index (χ0) is 13.2. The van der Waals surface area contributed by atoms with Crippen LogP contribution in [0.1, 0.15) is 17.0 Å². The normalized spacial score (nSPS) is 10.5. The van der Waals surface area contributed by atoms with E-state index in [1.165, 1.54) is 10.5 Å². The standard InChI is InChI=1S/C15H10FN3/c16-12-7-4-8-19-14(10-17)13(18-15(12)19)9-11-5-2-1-3-6-11/h1-8H,9H2. The van der Waals surface area contributed by atoms with Gasteiger partial charge in [0.05, 0.1) is 5.69 Å². The number of nitriles is 1. The van der Waals surface area contributed by atoms with Gasteiger partial charge in [0, 0.05) is 12.6 Å². The summed E-state index contributed by atoms with van der Waals surface area (Å²) in [5.41, 5.74) is 2.23. The highest BCUT2D eigenvalue weighted by Gasteiger charge is 2.14. The first-order chi connectivity index (χ1) is 9.29. The first-order valence-electron chi connectivity index (χ1n) is 5.89. The Labute approximate surface area is 109 Å². The Morgan fingerprint density at radius 3 is 2.68 bits per heavy atom. The molecule has 0 radical (unpaired) electrons. The van der Waals surface area contributed by atoms with Crippen LogP contribution in [0.4, 0.5) is 4.39 Å². The lowest BCUT2D eigenvalue weighted by Crippen LogP contribution is -1.93. The van der Waals surface area contributed by atoms with Gasteiger partial charge in [0.15, 0.2) is 11.5 Å². The summed E-state index contributed by atoms with van der Waals surface area (Å²) < 4.78 is 15.2. The van der Waals surface area contributed by atoms with Gasteiger partial charge in [-0.2, -0.15) is 5.26 Å². The Morgan fingerprint density at radius 2 is 1.95 bits per heavy atom. The van der Waals surface area contributed by atoms with Crippen LogP contribution in [0.15, 0.2) is 48.7 Å². The molecule has 3 nitrogen and oxygen atoms in total. The molecule has 92 valence electrons. The number of benzene rings is 1. The molecule has 0 bridgehead atoms. The van der Waals surface area contributed by atoms with Gasteiger partial charge in [0.25, 0.3) is 0 Å². The summed E-state index contributed by atoms with van der Waals surface area (Å²) in [5, 5.41) is 9.24. The molecule has 3 rings (SSSR count). The smallest absolute Gasteiger partial charge is 0.174 e. The minimum absolute atomic E-state index is 0.199. The van der Waals surface area contributed by atoms with Gasteiger partial charge >= 0.3 is 0 Å². The summed E-state index contributed by atoms with van der Waals surface area (Å²) in [7, 11) is 0. The molecule has 4 heteroatoms. The summed E-state index contributed by atoms with van der Waals surface area (Å²) in [6.07, 6.45) is 2.17. The molecule has 0 aliphatic heterocycles. The molecule has 0 saturated carbocycles. The quantitative estimate of drug-likeness (QED) is 0.702. The maximum atomic E-state index is 13.7. The van der Waals surface area contributed by atoms with Crippen LogP contribution in [0.2, 0.25) is 0 Å². The first kappa shape index (κ1) is 11.4. The van der Waals surface area contributed by atoms with Crippen LogP contribution in [0, 0.1) is 17.1 Å². The first-order valence-corrected chi connectivity index (χ1v) is 5.89. The number of imidazole rings is 1. The molecule has 0 amide bonds. The maximum Gasteiger partial charge on any atom is 0.174 e. The van der Waals surface area contributed by atoms with Gasteiger partial charge in [0.1, 0.15) is 11.8 Å². The largest absolute Gasteiger partial charge is 0.289 e. The van der Waals surface area contributed by atoms with Crippen LogP contribution >= 0.6 is 0 Å². The van der Waals surface area contributed by atoms with Crippen molar-refractivity contribution in [2.75, 3.05) is 0 Å². The van der Waals surface area contributed by atoms with Crippen molar-refractivity contribution in [3.05, 3.63) is 71.4 Å². The minimum Gasteiger partial charge on any atom is -0.289 e. The third-order valence-electron chi connectivity index (χ3n) is 2.99. The van der Waals surface area contributed by atoms with E-state index >= 15 is 0 Å². The Bertz CT molecular complexity index is 769. The average Bonchev–Trinajstić information content (AvgIpc) is 2.79. The molecule has 0 N–H and O–H groups in total. The zero-order valence-corrected chi connectivity index (χ0v) is 10.0. The van der Waals surface area contributed by atoms with Gasteiger partial charge in [-0.1, -0.05) is 30.3 Å². The Morgan fingerprint density at radius 1 is 1.16 bits per heavy atom. The second kappa shape index (κ2) is 4.54. The van der Waals surface area contributed by atoms with E-state index < -0.39 is 5.82 Å². The van der Waals surface area contributed by atoms with Crippen molar-refractivity contribution in [2.45, 2.75) is 6.42 Å². The third-order valence-corrected chi connectivity index (χ3v) is 2.99. The molecule has 1 aromatic carbocycles. The van der Waals surface area contributed by atoms with E-state index in [-0.39, 0.29) is 5.65 Å². The van der Waals surface area contributed by atoms with E-state index in [0.29, 0.717) is 17.8 Å². The Kier molecular flexibility index (Phi) is 2.73. The van der Waals surface area contributed by atoms with Crippen LogP contribution in [0.25, 0.3) is 5.65 Å². The predicted octanol–water partition coefficient (Wildman–Crippen LogP) is 2.94. The van der Waals surface area contributed by atoms with Crippen molar-refractivity contribution in [1.29, 1.82) is 5.26 Å². The predicted molar refractivity (Wildman–Crippen MR) is 69.1 cm³/mol. The number of hydrogen-bond acceptors (Lipinski definition) is 2. The fourth-order valence-corrected chi connectivity index (χ4v) is 2.11. The van der Waals surface area contributed by atoms with Gasteiger partial charge in [-0.25, -0.2) is 9.37 Å². The van der Waals surface area contributed by atoms with E-state index in [9.17, 15) is 9.65 Å². The minimum atomic E-state index is -0.418. The molecule has 0 aliphatic carbocycles. The molecule has 2 aromatic heterocycles. The number of fused-ring (bicyclic) bond motifs is 1. The van der Waals surface area contributed by atoms with Crippen molar-refractivity contribution in [3.8, 4) is 6.07 Å². The second-order valence-electron chi connectivity index (χ2n) is 4.23. The molecule has 0 aliphatic rings. The molecule has 0 fully saturated rings. The molecule has 2 heterocycles. The lowest BCUT2D eigenvalue weighted by atomic mass is 10.1.